The second-order valence-corrected chi connectivity index (χ2v) is 19.2. The van der Waals surface area contributed by atoms with E-state index in [1.54, 1.807) is 40.7 Å². The quantitative estimate of drug-likeness (QED) is 0.114. The average Bonchev–Trinajstić information content (AvgIpc) is 3.70. The molecular weight excluding hydrogens is 976 g/mol. The van der Waals surface area contributed by atoms with Gasteiger partial charge in [0.1, 0.15) is 30.4 Å². The van der Waals surface area contributed by atoms with Crippen molar-refractivity contribution in [1.29, 1.82) is 0 Å². The van der Waals surface area contributed by atoms with E-state index in [-0.39, 0.29) is 60.7 Å². The van der Waals surface area contributed by atoms with E-state index in [1.165, 1.54) is 28.8 Å². The van der Waals surface area contributed by atoms with Crippen LogP contribution in [-0.2, 0) is 100 Å². The monoisotopic (exact) mass is 1030 g/mol. The highest BCUT2D eigenvalue weighted by atomic mass is 19.1. The molecule has 22 nitrogen and oxygen atoms in total. The van der Waals surface area contributed by atoms with Gasteiger partial charge in [-0.2, -0.15) is 0 Å². The van der Waals surface area contributed by atoms with Gasteiger partial charge in [-0.3, -0.25) is 19.2 Å². The predicted molar refractivity (Wildman–Crippen MR) is 251 cm³/mol. The lowest BCUT2D eigenvalue weighted by molar-refractivity contribution is -0.282. The van der Waals surface area contributed by atoms with Crippen LogP contribution >= 0.6 is 0 Å². The van der Waals surface area contributed by atoms with Crippen LogP contribution in [0.4, 0.5) is 14.0 Å². The summed E-state index contributed by atoms with van der Waals surface area (Å²) >= 11 is 0. The number of amides is 2. The second-order valence-electron chi connectivity index (χ2n) is 19.2. The Labute approximate surface area is 422 Å². The molecular formula is C51H55FN4O18. The molecule has 0 bridgehead atoms. The molecule has 1 fully saturated rings. The van der Waals surface area contributed by atoms with Crippen LogP contribution in [-0.4, -0.2) is 100 Å². The van der Waals surface area contributed by atoms with Gasteiger partial charge < -0.3 is 62.9 Å². The van der Waals surface area contributed by atoms with E-state index in [0.29, 0.717) is 57.4 Å². The average molecular weight is 1030 g/mol. The van der Waals surface area contributed by atoms with E-state index in [1.807, 2.05) is 0 Å². The maximum absolute atomic E-state index is 15.5. The molecule has 2 aromatic heterocycles. The van der Waals surface area contributed by atoms with Crippen LogP contribution in [0.3, 0.4) is 0 Å². The van der Waals surface area contributed by atoms with Gasteiger partial charge in [0, 0.05) is 55.5 Å². The Hall–Kier alpha value is -7.66. The Morgan fingerprint density at radius 1 is 0.932 bits per heavy atom. The molecule has 0 radical (unpaired) electrons. The number of alkyl carbamates (subject to hydrolysis) is 2. The third kappa shape index (κ3) is 10.2. The molecule has 0 saturated carbocycles. The van der Waals surface area contributed by atoms with Gasteiger partial charge in [-0.15, -0.1) is 0 Å². The zero-order valence-electron chi connectivity index (χ0n) is 42.0. The topological polar surface area (TPSA) is 282 Å². The molecule has 2 aromatic carbocycles. The highest BCUT2D eigenvalue weighted by molar-refractivity contribution is 5.94. The highest BCUT2D eigenvalue weighted by Gasteiger charge is 2.56. The molecule has 1 aliphatic carbocycles. The van der Waals surface area contributed by atoms with Gasteiger partial charge in [-0.25, -0.2) is 28.6 Å². The SMILES string of the molecule is CC[C@@]1(O)C(=O)OCc2c1cc1n(c2=O)Cc2c-1nc1cc(F)c(C)c3c1c2[C@@H](NC(=O)OCc1ccc(O[C@@H]2O[C@H](C(=O)OC)[C@@H](OC(C)=O)[C@H](OC(C)=O)[C@H]2OC(C)=O)c(CNC(=O)OC(C)(C)C)c1)CC3. The number of aliphatic hydroxyl groups is 1. The van der Waals surface area contributed by atoms with Crippen LogP contribution in [0, 0.1) is 12.7 Å². The third-order valence-electron chi connectivity index (χ3n) is 13.1. The van der Waals surface area contributed by atoms with Gasteiger partial charge in [0.05, 0.1) is 42.2 Å². The van der Waals surface area contributed by atoms with Crippen LogP contribution in [0.25, 0.3) is 22.3 Å². The highest BCUT2D eigenvalue weighted by Crippen LogP contribution is 2.46. The zero-order valence-corrected chi connectivity index (χ0v) is 42.0. The first-order valence-corrected chi connectivity index (χ1v) is 23.7. The Morgan fingerprint density at radius 3 is 2.28 bits per heavy atom. The number of carbonyl (C=O) groups is 7. The number of cyclic esters (lactones) is 1. The summed E-state index contributed by atoms with van der Waals surface area (Å²) in [7, 11) is 1.04. The lowest BCUT2D eigenvalue weighted by atomic mass is 9.81. The van der Waals surface area contributed by atoms with E-state index < -0.39 is 101 Å². The maximum atomic E-state index is 15.5. The number of esters is 5. The number of benzene rings is 2. The summed E-state index contributed by atoms with van der Waals surface area (Å²) < 4.78 is 66.9. The summed E-state index contributed by atoms with van der Waals surface area (Å²) in [4.78, 5) is 109. The number of halogens is 1. The fraction of sp³-hybridized carbons (Fsp3) is 0.471. The smallest absolute Gasteiger partial charge is 0.407 e. The van der Waals surface area contributed by atoms with Crippen molar-refractivity contribution in [3.05, 3.63) is 91.0 Å². The number of nitrogens with one attached hydrogen (secondary N) is 2. The molecule has 3 aliphatic heterocycles. The normalized spacial score (nSPS) is 22.4. The van der Waals surface area contributed by atoms with Crippen molar-refractivity contribution in [2.75, 3.05) is 7.11 Å². The minimum absolute atomic E-state index is 0.0131. The molecule has 394 valence electrons. The summed E-state index contributed by atoms with van der Waals surface area (Å²) in [5.74, 6) is -5.15. The fourth-order valence-electron chi connectivity index (χ4n) is 9.79. The minimum Gasteiger partial charge on any atom is -0.467 e. The summed E-state index contributed by atoms with van der Waals surface area (Å²) in [5.41, 5.74) is 0.543. The van der Waals surface area contributed by atoms with Gasteiger partial charge in [0.25, 0.3) is 5.56 Å². The standard InChI is InChI=1S/C51H55FN4O18/c1-10-51(65)31-16-35-39-29(19-56(35)44(60)30(31)21-67-47(51)62)38-33(13-12-28-22(2)32(52)17-34(54-39)37(28)38)55-49(64)68-20-26-11-14-36(27(15-26)18-53-48(63)74-50(6,7)8)72-46-43(71-25(5)59)41(70-24(4)58)40(69-23(3)57)42(73-46)45(61)66-9/h11,14-17,33,40-43,46,65H,10,12-13,18-21H2,1-9H3,(H,53,63)(H,55,64)/t33-,40-,41-,42-,43+,46+,51-/m0/s1. The van der Waals surface area contributed by atoms with E-state index in [9.17, 15) is 43.5 Å². The maximum Gasteiger partial charge on any atom is 0.407 e. The number of ether oxygens (including phenoxy) is 9. The summed E-state index contributed by atoms with van der Waals surface area (Å²) in [6.45, 7) is 10.4. The predicted octanol–water partition coefficient (Wildman–Crippen LogP) is 4.54. The summed E-state index contributed by atoms with van der Waals surface area (Å²) in [6.07, 6.45) is -9.56. The lowest BCUT2D eigenvalue weighted by Crippen LogP contribution is -2.64. The molecule has 7 atom stereocenters. The summed E-state index contributed by atoms with van der Waals surface area (Å²) in [6, 6.07) is 6.56. The van der Waals surface area contributed by atoms with Gasteiger partial charge in [-0.05, 0) is 87.4 Å². The van der Waals surface area contributed by atoms with Crippen LogP contribution in [0.5, 0.6) is 5.75 Å². The van der Waals surface area contributed by atoms with Crippen molar-refractivity contribution in [2.45, 2.75) is 149 Å². The Kier molecular flexibility index (Phi) is 14.5. The van der Waals surface area contributed by atoms with Crippen LogP contribution in [0.15, 0.2) is 35.1 Å². The van der Waals surface area contributed by atoms with Gasteiger partial charge in [0.2, 0.25) is 12.4 Å². The number of hydrogen-bond donors (Lipinski definition) is 3. The molecule has 23 heteroatoms. The van der Waals surface area contributed by atoms with E-state index in [0.717, 1.165) is 27.9 Å². The van der Waals surface area contributed by atoms with Crippen LogP contribution in [0.2, 0.25) is 0 Å². The number of aromatic nitrogens is 2. The minimum atomic E-state index is -2.08. The van der Waals surface area contributed by atoms with E-state index in [4.69, 9.17) is 47.6 Å². The largest absolute Gasteiger partial charge is 0.467 e. The molecule has 4 aliphatic rings. The number of carbonyl (C=O) groups excluding carboxylic acids is 7. The molecule has 0 unspecified atom stereocenters. The first-order chi connectivity index (χ1) is 34.9. The van der Waals surface area contributed by atoms with Crippen molar-refractivity contribution in [3.63, 3.8) is 0 Å². The number of hydrogen-bond acceptors (Lipinski definition) is 19. The number of fused-ring (bicyclic) bond motifs is 5. The number of nitrogens with zero attached hydrogens (tertiary/aromatic N) is 2. The van der Waals surface area contributed by atoms with Crippen molar-refractivity contribution in [1.82, 2.24) is 20.2 Å². The van der Waals surface area contributed by atoms with E-state index >= 15 is 4.39 Å². The van der Waals surface area contributed by atoms with E-state index in [2.05, 4.69) is 10.6 Å². The first-order valence-electron chi connectivity index (χ1n) is 23.7. The number of rotatable bonds is 12. The Morgan fingerprint density at radius 2 is 1.62 bits per heavy atom. The molecule has 8 rings (SSSR count). The van der Waals surface area contributed by atoms with Gasteiger partial charge in [0.15, 0.2) is 23.9 Å². The number of aryl methyl sites for hydroxylation is 1. The Balaban J connectivity index is 1.09. The molecule has 74 heavy (non-hydrogen) atoms. The molecule has 2 amide bonds. The molecule has 4 aromatic rings. The van der Waals surface area contributed by atoms with Crippen LogP contribution < -0.4 is 20.9 Å². The lowest BCUT2D eigenvalue weighted by Gasteiger charge is -2.43. The first kappa shape index (κ1) is 52.7. The van der Waals surface area contributed by atoms with Gasteiger partial charge in [-0.1, -0.05) is 13.0 Å². The van der Waals surface area contributed by atoms with Crippen LogP contribution in [0.1, 0.15) is 112 Å². The zero-order chi connectivity index (χ0) is 53.7. The number of pyridine rings is 2. The molecule has 1 saturated heterocycles. The third-order valence-corrected chi connectivity index (χ3v) is 13.1. The van der Waals surface area contributed by atoms with Crippen molar-refractivity contribution >= 4 is 52.9 Å². The molecule has 5 heterocycles. The molecule has 3 N–H and O–H groups in total. The second kappa shape index (κ2) is 20.3. The van der Waals surface area contributed by atoms with Crippen molar-refractivity contribution in [2.24, 2.45) is 0 Å². The number of methoxy groups -OCH3 is 1. The van der Waals surface area contributed by atoms with Crippen molar-refractivity contribution in [3.8, 4) is 17.1 Å². The fourth-order valence-corrected chi connectivity index (χ4v) is 9.79. The van der Waals surface area contributed by atoms with Gasteiger partial charge >= 0.3 is 42.0 Å². The van der Waals surface area contributed by atoms with Crippen molar-refractivity contribution < 1.29 is 85.7 Å². The summed E-state index contributed by atoms with van der Waals surface area (Å²) in [5, 5.41) is 17.6. The Bertz CT molecular complexity index is 3080. The molecule has 0 spiro atoms.